The molecular weight excluding hydrogens is 421 g/mol. The van der Waals surface area contributed by atoms with Crippen LogP contribution in [0.1, 0.15) is 12.8 Å². The molecule has 1 N–H and O–H groups in total. The van der Waals surface area contributed by atoms with Gasteiger partial charge in [-0.2, -0.15) is 15.5 Å². The largest absolute Gasteiger partial charge is 0.598 e. The zero-order chi connectivity index (χ0) is 21.8. The molecule has 31 heavy (non-hydrogen) atoms. The van der Waals surface area contributed by atoms with Crippen molar-refractivity contribution in [1.29, 1.82) is 5.26 Å². The molecule has 1 aliphatic heterocycles. The maximum absolute atomic E-state index is 12.4. The minimum absolute atomic E-state index is 0.239. The van der Waals surface area contributed by atoms with E-state index in [1.165, 1.54) is 0 Å². The lowest BCUT2D eigenvalue weighted by Gasteiger charge is -2.47. The second-order valence-corrected chi connectivity index (χ2v) is 8.96. The van der Waals surface area contributed by atoms with Crippen LogP contribution in [0.3, 0.4) is 0 Å². The highest BCUT2D eigenvalue weighted by molar-refractivity contribution is 7.89. The van der Waals surface area contributed by atoms with Gasteiger partial charge in [-0.3, -0.25) is 13.8 Å². The van der Waals surface area contributed by atoms with Gasteiger partial charge in [0.25, 0.3) is 0 Å². The van der Waals surface area contributed by atoms with Crippen molar-refractivity contribution < 1.29 is 8.94 Å². The smallest absolute Gasteiger partial charge is 0.227 e. The fourth-order valence-corrected chi connectivity index (χ4v) is 4.84. The summed E-state index contributed by atoms with van der Waals surface area (Å²) in [5.41, 5.74) is 1.69. The molecule has 1 fully saturated rings. The molecule has 0 saturated carbocycles. The number of aryl methyl sites for hydroxylation is 1. The van der Waals surface area contributed by atoms with Crippen LogP contribution in [-0.2, 0) is 23.9 Å². The van der Waals surface area contributed by atoms with Crippen LogP contribution in [-0.4, -0.2) is 63.9 Å². The van der Waals surface area contributed by atoms with E-state index in [9.17, 15) is 14.2 Å². The lowest BCUT2D eigenvalue weighted by molar-refractivity contribution is 0.0717. The van der Waals surface area contributed by atoms with Crippen molar-refractivity contribution in [1.82, 2.24) is 33.8 Å². The molecule has 3 aromatic rings. The lowest BCUT2D eigenvalue weighted by atomic mass is 9.89. The summed E-state index contributed by atoms with van der Waals surface area (Å²) < 4.78 is 29.8. The fourth-order valence-electron chi connectivity index (χ4n) is 3.46. The van der Waals surface area contributed by atoms with Crippen molar-refractivity contribution in [3.63, 3.8) is 0 Å². The maximum Gasteiger partial charge on any atom is 0.227 e. The first-order valence-corrected chi connectivity index (χ1v) is 11.0. The highest BCUT2D eigenvalue weighted by Crippen LogP contribution is 2.35. The molecule has 0 bridgehead atoms. The third-order valence-electron chi connectivity index (χ3n) is 5.07. The Labute approximate surface area is 182 Å². The first kappa shape index (κ1) is 21.2. The Bertz CT molecular complexity index is 1070. The zero-order valence-electron chi connectivity index (χ0n) is 17.0. The highest BCUT2D eigenvalue weighted by Gasteiger charge is 2.50. The topological polar surface area (TPSA) is 124 Å². The van der Waals surface area contributed by atoms with Gasteiger partial charge in [0.2, 0.25) is 5.95 Å². The van der Waals surface area contributed by atoms with E-state index < -0.39 is 23.6 Å². The summed E-state index contributed by atoms with van der Waals surface area (Å²) in [7, 11) is 1.83. The van der Waals surface area contributed by atoms with Crippen molar-refractivity contribution in [2.75, 3.05) is 30.8 Å². The highest BCUT2D eigenvalue weighted by atomic mass is 32.2. The second-order valence-electron chi connectivity index (χ2n) is 7.39. The van der Waals surface area contributed by atoms with E-state index in [1.807, 2.05) is 19.4 Å². The molecule has 0 spiro atoms. The van der Waals surface area contributed by atoms with Crippen molar-refractivity contribution in [3.05, 3.63) is 37.1 Å². The summed E-state index contributed by atoms with van der Waals surface area (Å²) in [6.07, 6.45) is 9.20. The molecule has 0 radical (unpaired) electrons. The van der Waals surface area contributed by atoms with Crippen LogP contribution >= 0.6 is 0 Å². The molecule has 0 aromatic carbocycles. The zero-order valence-corrected chi connectivity index (χ0v) is 17.8. The first-order chi connectivity index (χ1) is 15.0. The van der Waals surface area contributed by atoms with E-state index >= 15 is 0 Å². The van der Waals surface area contributed by atoms with E-state index in [0.717, 1.165) is 11.3 Å². The summed E-state index contributed by atoms with van der Waals surface area (Å²) in [5, 5.41) is 21.0. The molecule has 10 nitrogen and oxygen atoms in total. The predicted octanol–water partition coefficient (Wildman–Crippen LogP) is 1.77. The average Bonchev–Trinajstić information content (AvgIpc) is 3.38. The number of hydrogen-bond donors (Lipinski definition) is 1. The molecule has 12 heteroatoms. The number of rotatable bonds is 9. The second kappa shape index (κ2) is 9.01. The standard InChI is InChI=1S/C19H22FN9OS/c1-27-12-16(10-23-27)25-18-22-7-3-17(26-18)15-9-24-29(11-15)19(4-6-21)13-28(14-19)31(30)8-2-5-20/h3,7,9-12H,2,4-5,8,13-14H2,1H3,(H,22,25,26). The van der Waals surface area contributed by atoms with Crippen LogP contribution in [0.4, 0.5) is 16.0 Å². The van der Waals surface area contributed by atoms with Crippen LogP contribution in [0.25, 0.3) is 11.3 Å². The Morgan fingerprint density at radius 3 is 2.87 bits per heavy atom. The van der Waals surface area contributed by atoms with Crippen LogP contribution in [0.5, 0.6) is 0 Å². The van der Waals surface area contributed by atoms with Crippen molar-refractivity contribution in [2.45, 2.75) is 18.4 Å². The minimum atomic E-state index is -1.24. The fraction of sp³-hybridized carbons (Fsp3) is 0.421. The number of nitriles is 1. The van der Waals surface area contributed by atoms with Crippen LogP contribution in [0.15, 0.2) is 37.1 Å². The molecule has 0 aliphatic carbocycles. The van der Waals surface area contributed by atoms with Gasteiger partial charge < -0.3 is 9.87 Å². The average molecular weight is 444 g/mol. The molecule has 162 valence electrons. The van der Waals surface area contributed by atoms with E-state index in [4.69, 9.17) is 0 Å². The third kappa shape index (κ3) is 4.53. The predicted molar refractivity (Wildman–Crippen MR) is 113 cm³/mol. The molecule has 1 aliphatic rings. The van der Waals surface area contributed by atoms with Gasteiger partial charge in [0, 0.05) is 49.0 Å². The summed E-state index contributed by atoms with van der Waals surface area (Å²) in [5.74, 6) is 0.722. The number of anilines is 2. The van der Waals surface area contributed by atoms with E-state index in [-0.39, 0.29) is 18.6 Å². The van der Waals surface area contributed by atoms with Gasteiger partial charge in [-0.05, 0) is 6.07 Å². The van der Waals surface area contributed by atoms with Gasteiger partial charge in [-0.1, -0.05) is 0 Å². The van der Waals surface area contributed by atoms with Crippen LogP contribution < -0.4 is 5.32 Å². The van der Waals surface area contributed by atoms with Gasteiger partial charge in [0.15, 0.2) is 0 Å². The number of nitrogens with one attached hydrogen (secondary N) is 1. The molecule has 1 unspecified atom stereocenters. The SMILES string of the molecule is Cn1cc(Nc2nccc(-c3cnn(C4(CC#N)CN([S+]([O-])CCCF)C4)c3)n2)cn1. The third-order valence-corrected chi connectivity index (χ3v) is 6.54. The molecule has 4 heterocycles. The van der Waals surface area contributed by atoms with Crippen molar-refractivity contribution >= 4 is 23.0 Å². The number of hydrogen-bond acceptors (Lipinski definition) is 8. The summed E-state index contributed by atoms with van der Waals surface area (Å²) in [6, 6.07) is 3.99. The summed E-state index contributed by atoms with van der Waals surface area (Å²) in [4.78, 5) is 8.78. The van der Waals surface area contributed by atoms with Crippen LogP contribution in [0, 0.1) is 11.3 Å². The van der Waals surface area contributed by atoms with E-state index in [1.54, 1.807) is 38.3 Å². The Morgan fingerprint density at radius 1 is 1.32 bits per heavy atom. The quantitative estimate of drug-likeness (QED) is 0.496. The normalized spacial score (nSPS) is 16.5. The molecule has 1 atom stereocenters. The van der Waals surface area contributed by atoms with Crippen LogP contribution in [0.2, 0.25) is 0 Å². The Hall–Kier alpha value is -3.01. The monoisotopic (exact) mass is 443 g/mol. The first-order valence-electron chi connectivity index (χ1n) is 9.73. The van der Waals surface area contributed by atoms with E-state index in [0.29, 0.717) is 24.7 Å². The minimum Gasteiger partial charge on any atom is -0.598 e. The molecular formula is C19H22FN9OS. The van der Waals surface area contributed by atoms with Gasteiger partial charge in [0.1, 0.15) is 11.3 Å². The van der Waals surface area contributed by atoms with E-state index in [2.05, 4.69) is 31.6 Å². The Balaban J connectivity index is 1.49. The van der Waals surface area contributed by atoms with Crippen molar-refractivity contribution in [3.8, 4) is 17.3 Å². The molecule has 1 saturated heterocycles. The van der Waals surface area contributed by atoms with Gasteiger partial charge in [0.05, 0.1) is 56.0 Å². The number of aromatic nitrogens is 6. The number of halogens is 1. The Kier molecular flexibility index (Phi) is 6.17. The number of nitrogens with zero attached hydrogens (tertiary/aromatic N) is 8. The maximum atomic E-state index is 12.4. The van der Waals surface area contributed by atoms with Gasteiger partial charge in [-0.15, -0.1) is 4.31 Å². The molecule has 3 aromatic heterocycles. The Morgan fingerprint density at radius 2 is 2.16 bits per heavy atom. The molecule has 0 amide bonds. The van der Waals surface area contributed by atoms with Gasteiger partial charge in [-0.25, -0.2) is 9.97 Å². The summed E-state index contributed by atoms with van der Waals surface area (Å²) >= 11 is -1.24. The summed E-state index contributed by atoms with van der Waals surface area (Å²) in [6.45, 7) is 0.373. The van der Waals surface area contributed by atoms with Gasteiger partial charge >= 0.3 is 0 Å². The lowest BCUT2D eigenvalue weighted by Crippen LogP contribution is -2.64. The van der Waals surface area contributed by atoms with Crippen molar-refractivity contribution in [2.24, 2.45) is 7.05 Å². The molecule has 4 rings (SSSR count). The number of alkyl halides is 1.